The zero-order valence-electron chi connectivity index (χ0n) is 9.37. The molecule has 0 aliphatic heterocycles. The summed E-state index contributed by atoms with van der Waals surface area (Å²) in [4.78, 5) is -0.0360. The van der Waals surface area contributed by atoms with Gasteiger partial charge in [0.25, 0.3) is 9.05 Å². The zero-order chi connectivity index (χ0) is 13.1. The molecule has 0 unspecified atom stereocenters. The second-order valence-corrected chi connectivity index (χ2v) is 6.42. The molecule has 0 atom stereocenters. The first-order valence-corrected chi connectivity index (χ1v) is 8.04. The van der Waals surface area contributed by atoms with E-state index in [2.05, 4.69) is 15.9 Å². The number of hydrogen-bond acceptors (Lipinski definition) is 4. The third-order valence-electron chi connectivity index (χ3n) is 1.86. The molecule has 0 saturated heterocycles. The lowest BCUT2D eigenvalue weighted by Crippen LogP contribution is -2.01. The second kappa shape index (κ2) is 5.93. The van der Waals surface area contributed by atoms with Crippen LogP contribution in [0, 0.1) is 0 Å². The van der Waals surface area contributed by atoms with Crippen molar-refractivity contribution in [1.82, 2.24) is 0 Å². The van der Waals surface area contributed by atoms with E-state index in [1.807, 2.05) is 6.92 Å². The predicted octanol–water partition coefficient (Wildman–Crippen LogP) is 3.17. The molecule has 0 N–H and O–H groups in total. The summed E-state index contributed by atoms with van der Waals surface area (Å²) in [6.07, 6.45) is 0. The van der Waals surface area contributed by atoms with E-state index in [0.29, 0.717) is 29.2 Å². The van der Waals surface area contributed by atoms with Gasteiger partial charge >= 0.3 is 0 Å². The van der Waals surface area contributed by atoms with Gasteiger partial charge in [-0.1, -0.05) is 0 Å². The molecule has 0 bridgehead atoms. The maximum absolute atomic E-state index is 11.3. The Morgan fingerprint density at radius 3 is 2.06 bits per heavy atom. The van der Waals surface area contributed by atoms with Crippen molar-refractivity contribution in [2.45, 2.75) is 18.7 Å². The van der Waals surface area contributed by atoms with Crippen LogP contribution in [0.15, 0.2) is 21.5 Å². The highest BCUT2D eigenvalue weighted by Gasteiger charge is 2.19. The van der Waals surface area contributed by atoms with Crippen molar-refractivity contribution in [3.8, 4) is 11.5 Å². The maximum atomic E-state index is 11.3. The summed E-state index contributed by atoms with van der Waals surface area (Å²) < 4.78 is 33.6. The Balaban J connectivity index is 3.34. The first-order valence-electron chi connectivity index (χ1n) is 4.94. The molecule has 1 aromatic carbocycles. The molecule has 0 amide bonds. The van der Waals surface area contributed by atoms with Crippen LogP contribution in [-0.2, 0) is 9.05 Å². The molecule has 17 heavy (non-hydrogen) atoms. The molecule has 1 aromatic rings. The van der Waals surface area contributed by atoms with Crippen molar-refractivity contribution in [3.63, 3.8) is 0 Å². The average Bonchev–Trinajstić information content (AvgIpc) is 2.20. The minimum atomic E-state index is -3.82. The van der Waals surface area contributed by atoms with Gasteiger partial charge in [-0.15, -0.1) is 0 Å². The summed E-state index contributed by atoms with van der Waals surface area (Å²) in [5.74, 6) is 0.835. The third-order valence-corrected chi connectivity index (χ3v) is 4.14. The topological polar surface area (TPSA) is 52.6 Å². The van der Waals surface area contributed by atoms with Gasteiger partial charge in [0.05, 0.1) is 13.2 Å². The lowest BCUT2D eigenvalue weighted by atomic mass is 10.3. The maximum Gasteiger partial charge on any atom is 0.262 e. The molecule has 7 heteroatoms. The van der Waals surface area contributed by atoms with Crippen LogP contribution in [0.25, 0.3) is 0 Å². The Bertz CT molecular complexity index is 501. The molecular weight excluding hydrogens is 332 g/mol. The fourth-order valence-electron chi connectivity index (χ4n) is 1.24. The number of hydrogen-bond donors (Lipinski definition) is 0. The summed E-state index contributed by atoms with van der Waals surface area (Å²) >= 11 is 3.14. The lowest BCUT2D eigenvalue weighted by molar-refractivity contribution is 0.286. The Labute approximate surface area is 113 Å². The fourth-order valence-corrected chi connectivity index (χ4v) is 3.40. The van der Waals surface area contributed by atoms with Crippen LogP contribution in [0.3, 0.4) is 0 Å². The summed E-state index contributed by atoms with van der Waals surface area (Å²) in [6, 6.07) is 2.88. The van der Waals surface area contributed by atoms with Crippen molar-refractivity contribution in [2.75, 3.05) is 13.2 Å². The molecule has 1 rings (SSSR count). The summed E-state index contributed by atoms with van der Waals surface area (Å²) in [5, 5.41) is 0. The Morgan fingerprint density at radius 2 is 1.65 bits per heavy atom. The van der Waals surface area contributed by atoms with Crippen molar-refractivity contribution in [2.24, 2.45) is 0 Å². The Hall–Kier alpha value is -0.460. The van der Waals surface area contributed by atoms with Crippen molar-refractivity contribution in [3.05, 3.63) is 16.6 Å². The molecule has 0 fully saturated rings. The SMILES string of the molecule is CCOc1cc(Br)c(S(=O)(=O)Cl)cc1OCC. The van der Waals surface area contributed by atoms with Crippen molar-refractivity contribution >= 4 is 35.7 Å². The van der Waals surface area contributed by atoms with E-state index in [1.165, 1.54) is 12.1 Å². The third kappa shape index (κ3) is 3.76. The van der Waals surface area contributed by atoms with E-state index < -0.39 is 9.05 Å². The highest BCUT2D eigenvalue weighted by molar-refractivity contribution is 9.10. The van der Waals surface area contributed by atoms with Crippen LogP contribution >= 0.6 is 26.6 Å². The van der Waals surface area contributed by atoms with Gasteiger partial charge in [0.2, 0.25) is 0 Å². The number of benzene rings is 1. The van der Waals surface area contributed by atoms with Crippen molar-refractivity contribution < 1.29 is 17.9 Å². The summed E-state index contributed by atoms with van der Waals surface area (Å²) in [7, 11) is 1.50. The molecule has 0 aliphatic rings. The van der Waals surface area contributed by atoms with Gasteiger partial charge in [-0.05, 0) is 35.8 Å². The van der Waals surface area contributed by atoms with Crippen LogP contribution in [0.4, 0.5) is 0 Å². The smallest absolute Gasteiger partial charge is 0.262 e. The van der Waals surface area contributed by atoms with E-state index in [1.54, 1.807) is 6.92 Å². The van der Waals surface area contributed by atoms with E-state index >= 15 is 0 Å². The van der Waals surface area contributed by atoms with Crippen LogP contribution in [0.1, 0.15) is 13.8 Å². The monoisotopic (exact) mass is 342 g/mol. The van der Waals surface area contributed by atoms with Gasteiger partial charge in [-0.25, -0.2) is 8.42 Å². The average molecular weight is 344 g/mol. The van der Waals surface area contributed by atoms with E-state index in [0.717, 1.165) is 0 Å². The quantitative estimate of drug-likeness (QED) is 0.771. The minimum absolute atomic E-state index is 0.0360. The Kier molecular flexibility index (Phi) is 5.09. The minimum Gasteiger partial charge on any atom is -0.490 e. The van der Waals surface area contributed by atoms with E-state index in [-0.39, 0.29) is 4.90 Å². The lowest BCUT2D eigenvalue weighted by Gasteiger charge is -2.12. The number of rotatable bonds is 5. The van der Waals surface area contributed by atoms with E-state index in [4.69, 9.17) is 20.2 Å². The molecule has 0 spiro atoms. The summed E-state index contributed by atoms with van der Waals surface area (Å²) in [5.41, 5.74) is 0. The summed E-state index contributed by atoms with van der Waals surface area (Å²) in [6.45, 7) is 4.49. The molecule has 0 heterocycles. The normalized spacial score (nSPS) is 11.3. The fraction of sp³-hybridized carbons (Fsp3) is 0.400. The zero-order valence-corrected chi connectivity index (χ0v) is 12.5. The molecule has 4 nitrogen and oxygen atoms in total. The van der Waals surface area contributed by atoms with Gasteiger partial charge in [-0.2, -0.15) is 0 Å². The molecule has 0 radical (unpaired) electrons. The molecule has 0 aliphatic carbocycles. The molecule has 0 aromatic heterocycles. The van der Waals surface area contributed by atoms with Crippen LogP contribution in [0.5, 0.6) is 11.5 Å². The van der Waals surface area contributed by atoms with Gasteiger partial charge < -0.3 is 9.47 Å². The van der Waals surface area contributed by atoms with E-state index in [9.17, 15) is 8.42 Å². The van der Waals surface area contributed by atoms with Crippen LogP contribution in [-0.4, -0.2) is 21.6 Å². The second-order valence-electron chi connectivity index (χ2n) is 3.03. The first-order chi connectivity index (χ1) is 7.90. The van der Waals surface area contributed by atoms with Crippen LogP contribution < -0.4 is 9.47 Å². The standard InChI is InChI=1S/C10H12BrClO4S/c1-3-15-8-5-7(11)10(17(12,13)14)6-9(8)16-4-2/h5-6H,3-4H2,1-2H3. The first kappa shape index (κ1) is 14.6. The van der Waals surface area contributed by atoms with Gasteiger partial charge in [0.15, 0.2) is 11.5 Å². The Morgan fingerprint density at radius 1 is 1.18 bits per heavy atom. The number of ether oxygens (including phenoxy) is 2. The predicted molar refractivity (Wildman–Crippen MR) is 69.5 cm³/mol. The number of halogens is 2. The van der Waals surface area contributed by atoms with Crippen LogP contribution in [0.2, 0.25) is 0 Å². The van der Waals surface area contributed by atoms with Gasteiger partial charge in [-0.3, -0.25) is 0 Å². The largest absolute Gasteiger partial charge is 0.490 e. The van der Waals surface area contributed by atoms with Gasteiger partial charge in [0, 0.05) is 21.2 Å². The molecule has 0 saturated carbocycles. The van der Waals surface area contributed by atoms with Crippen molar-refractivity contribution in [1.29, 1.82) is 0 Å². The van der Waals surface area contributed by atoms with Gasteiger partial charge in [0.1, 0.15) is 4.90 Å². The highest BCUT2D eigenvalue weighted by Crippen LogP contribution is 2.37. The molecular formula is C10H12BrClO4S. The molecule has 96 valence electrons. The highest BCUT2D eigenvalue weighted by atomic mass is 79.9.